The van der Waals surface area contributed by atoms with Gasteiger partial charge in [0.05, 0.1) is 0 Å². The van der Waals surface area contributed by atoms with Crippen LogP contribution in [0.2, 0.25) is 0 Å². The van der Waals surface area contributed by atoms with Gasteiger partial charge < -0.3 is 20.2 Å². The molecular formula is C19H38N4O. The van der Waals surface area contributed by atoms with E-state index in [2.05, 4.69) is 29.0 Å². The Balaban J connectivity index is 1.85. The summed E-state index contributed by atoms with van der Waals surface area (Å²) in [5, 5.41) is 12.7. The summed E-state index contributed by atoms with van der Waals surface area (Å²) in [5.41, 5.74) is 0. The zero-order valence-corrected chi connectivity index (χ0v) is 15.8. The number of aliphatic hydroxyl groups is 1. The molecular weight excluding hydrogens is 300 g/mol. The Kier molecular flexibility index (Phi) is 8.89. The highest BCUT2D eigenvalue weighted by Gasteiger charge is 2.27. The number of nitrogens with zero attached hydrogens (tertiary/aromatic N) is 3. The van der Waals surface area contributed by atoms with E-state index in [0.29, 0.717) is 5.92 Å². The Bertz CT molecular complexity index is 362. The van der Waals surface area contributed by atoms with Gasteiger partial charge in [-0.05, 0) is 64.0 Å². The predicted molar refractivity (Wildman–Crippen MR) is 101 cm³/mol. The molecule has 0 aromatic carbocycles. The van der Waals surface area contributed by atoms with Crippen molar-refractivity contribution in [2.24, 2.45) is 16.8 Å². The second kappa shape index (κ2) is 10.9. The molecule has 2 saturated heterocycles. The number of hydrogen-bond donors (Lipinski definition) is 2. The van der Waals surface area contributed by atoms with E-state index in [9.17, 15) is 5.11 Å². The summed E-state index contributed by atoms with van der Waals surface area (Å²) >= 11 is 0. The van der Waals surface area contributed by atoms with Gasteiger partial charge in [0.2, 0.25) is 0 Å². The summed E-state index contributed by atoms with van der Waals surface area (Å²) < 4.78 is 0. The van der Waals surface area contributed by atoms with Gasteiger partial charge in [0, 0.05) is 39.3 Å². The molecule has 0 saturated carbocycles. The molecule has 0 radical (unpaired) electrons. The number of hydrogen-bond acceptors (Lipinski definition) is 3. The number of guanidine groups is 1. The van der Waals surface area contributed by atoms with E-state index < -0.39 is 0 Å². The number of nitrogens with one attached hydrogen (secondary N) is 1. The third kappa shape index (κ3) is 6.25. The lowest BCUT2D eigenvalue weighted by Crippen LogP contribution is -2.41. The third-order valence-corrected chi connectivity index (χ3v) is 5.37. The van der Waals surface area contributed by atoms with Crippen LogP contribution in [0.4, 0.5) is 0 Å². The number of likely N-dealkylation sites (tertiary alicyclic amines) is 2. The van der Waals surface area contributed by atoms with Gasteiger partial charge in [0.15, 0.2) is 5.96 Å². The summed E-state index contributed by atoms with van der Waals surface area (Å²) in [4.78, 5) is 9.99. The van der Waals surface area contributed by atoms with Crippen molar-refractivity contribution in [1.29, 1.82) is 0 Å². The van der Waals surface area contributed by atoms with E-state index in [-0.39, 0.29) is 6.61 Å². The second-order valence-electron chi connectivity index (χ2n) is 7.47. The molecule has 0 bridgehead atoms. The molecule has 2 fully saturated rings. The molecule has 140 valence electrons. The van der Waals surface area contributed by atoms with Crippen molar-refractivity contribution in [2.75, 3.05) is 52.4 Å². The molecule has 5 nitrogen and oxygen atoms in total. The third-order valence-electron chi connectivity index (χ3n) is 5.37. The van der Waals surface area contributed by atoms with Crippen molar-refractivity contribution in [3.05, 3.63) is 0 Å². The summed E-state index contributed by atoms with van der Waals surface area (Å²) in [6.07, 6.45) is 7.23. The molecule has 0 spiro atoms. The van der Waals surface area contributed by atoms with Crippen LogP contribution in [0.1, 0.15) is 52.4 Å². The Morgan fingerprint density at radius 1 is 1.21 bits per heavy atom. The smallest absolute Gasteiger partial charge is 0.193 e. The first-order valence-electron chi connectivity index (χ1n) is 10.1. The largest absolute Gasteiger partial charge is 0.396 e. The first-order valence-corrected chi connectivity index (χ1v) is 10.1. The van der Waals surface area contributed by atoms with Crippen LogP contribution < -0.4 is 5.32 Å². The molecule has 0 aromatic rings. The van der Waals surface area contributed by atoms with Crippen LogP contribution in [0.5, 0.6) is 0 Å². The van der Waals surface area contributed by atoms with Gasteiger partial charge in [-0.25, -0.2) is 0 Å². The van der Waals surface area contributed by atoms with E-state index >= 15 is 0 Å². The second-order valence-corrected chi connectivity index (χ2v) is 7.47. The van der Waals surface area contributed by atoms with Crippen molar-refractivity contribution >= 4 is 5.96 Å². The molecule has 0 aromatic heterocycles. The lowest BCUT2D eigenvalue weighted by Gasteiger charge is -2.24. The van der Waals surface area contributed by atoms with Gasteiger partial charge in [-0.2, -0.15) is 0 Å². The Morgan fingerprint density at radius 3 is 2.67 bits per heavy atom. The van der Waals surface area contributed by atoms with Crippen molar-refractivity contribution in [3.8, 4) is 0 Å². The highest BCUT2D eigenvalue weighted by Crippen LogP contribution is 2.20. The van der Waals surface area contributed by atoms with Crippen LogP contribution in [0, 0.1) is 11.8 Å². The zero-order valence-electron chi connectivity index (χ0n) is 15.8. The molecule has 0 amide bonds. The lowest BCUT2D eigenvalue weighted by atomic mass is 10.0. The maximum atomic E-state index is 9.23. The molecule has 2 N–H and O–H groups in total. The highest BCUT2D eigenvalue weighted by atomic mass is 16.3. The minimum atomic E-state index is 0.276. The van der Waals surface area contributed by atoms with E-state index in [1.54, 1.807) is 0 Å². The first kappa shape index (κ1) is 19.5. The number of aliphatic imine (C=N–C) groups is 1. The molecule has 2 atom stereocenters. The van der Waals surface area contributed by atoms with E-state index in [1.165, 1.54) is 45.3 Å². The Hall–Kier alpha value is -0.810. The molecule has 0 aliphatic carbocycles. The van der Waals surface area contributed by atoms with Crippen LogP contribution in [0.25, 0.3) is 0 Å². The van der Waals surface area contributed by atoms with Crippen molar-refractivity contribution < 1.29 is 5.11 Å². The first-order chi connectivity index (χ1) is 11.8. The minimum Gasteiger partial charge on any atom is -0.396 e. The average Bonchev–Trinajstić information content (AvgIpc) is 3.24. The fourth-order valence-electron chi connectivity index (χ4n) is 4.06. The summed E-state index contributed by atoms with van der Waals surface area (Å²) in [5.74, 6) is 2.38. The van der Waals surface area contributed by atoms with E-state index in [0.717, 1.165) is 50.9 Å². The number of aliphatic hydroxyl groups excluding tert-OH is 1. The van der Waals surface area contributed by atoms with Gasteiger partial charge in [-0.3, -0.25) is 4.99 Å². The SMILES string of the molecule is CCCC(CCO)CN=C(NCC)N1CCC(CN2CCCC2)C1. The van der Waals surface area contributed by atoms with Gasteiger partial charge >= 0.3 is 0 Å². The standard InChI is InChI=1S/C19H38N4O/c1-3-7-17(9-13-24)14-21-19(20-4-2)23-12-8-18(16-23)15-22-10-5-6-11-22/h17-18,24H,3-16H2,1-2H3,(H,20,21). The van der Waals surface area contributed by atoms with E-state index in [1.807, 2.05) is 0 Å². The van der Waals surface area contributed by atoms with Crippen LogP contribution in [-0.2, 0) is 0 Å². The van der Waals surface area contributed by atoms with Gasteiger partial charge in [0.1, 0.15) is 0 Å². The van der Waals surface area contributed by atoms with Gasteiger partial charge in [-0.15, -0.1) is 0 Å². The summed E-state index contributed by atoms with van der Waals surface area (Å²) in [6.45, 7) is 12.5. The van der Waals surface area contributed by atoms with Gasteiger partial charge in [-0.1, -0.05) is 13.3 Å². The Morgan fingerprint density at radius 2 is 2.00 bits per heavy atom. The lowest BCUT2D eigenvalue weighted by molar-refractivity contribution is 0.253. The van der Waals surface area contributed by atoms with Crippen molar-refractivity contribution in [3.63, 3.8) is 0 Å². The molecule has 2 aliphatic heterocycles. The average molecular weight is 339 g/mol. The molecule has 2 unspecified atom stereocenters. The number of rotatable bonds is 9. The van der Waals surface area contributed by atoms with Gasteiger partial charge in [0.25, 0.3) is 0 Å². The maximum absolute atomic E-state index is 9.23. The van der Waals surface area contributed by atoms with Crippen LogP contribution >= 0.6 is 0 Å². The van der Waals surface area contributed by atoms with Crippen LogP contribution in [0.3, 0.4) is 0 Å². The highest BCUT2D eigenvalue weighted by molar-refractivity contribution is 5.80. The fourth-order valence-corrected chi connectivity index (χ4v) is 4.06. The topological polar surface area (TPSA) is 51.1 Å². The minimum absolute atomic E-state index is 0.276. The quantitative estimate of drug-likeness (QED) is 0.500. The molecule has 2 aliphatic rings. The molecule has 2 heterocycles. The normalized spacial score (nSPS) is 23.9. The fraction of sp³-hybridized carbons (Fsp3) is 0.947. The van der Waals surface area contributed by atoms with Crippen molar-refractivity contribution in [2.45, 2.75) is 52.4 Å². The molecule has 2 rings (SSSR count). The summed E-state index contributed by atoms with van der Waals surface area (Å²) in [6, 6.07) is 0. The zero-order chi connectivity index (χ0) is 17.2. The monoisotopic (exact) mass is 338 g/mol. The Labute approximate surface area is 148 Å². The van der Waals surface area contributed by atoms with E-state index in [4.69, 9.17) is 4.99 Å². The van der Waals surface area contributed by atoms with Crippen LogP contribution in [0.15, 0.2) is 4.99 Å². The maximum Gasteiger partial charge on any atom is 0.193 e. The van der Waals surface area contributed by atoms with Crippen LogP contribution in [-0.4, -0.2) is 73.3 Å². The van der Waals surface area contributed by atoms with Crippen molar-refractivity contribution in [1.82, 2.24) is 15.1 Å². The summed E-state index contributed by atoms with van der Waals surface area (Å²) in [7, 11) is 0. The molecule has 5 heteroatoms. The molecule has 24 heavy (non-hydrogen) atoms. The predicted octanol–water partition coefficient (Wildman–Crippen LogP) is 2.17.